The van der Waals surface area contributed by atoms with Crippen molar-refractivity contribution in [1.82, 2.24) is 5.17 Å². The van der Waals surface area contributed by atoms with Gasteiger partial charge in [-0.05, 0) is 25.0 Å². The van der Waals surface area contributed by atoms with Crippen LogP contribution in [0.15, 0.2) is 17.2 Å². The fraction of sp³-hybridized carbons (Fsp3) is 0.417. The second kappa shape index (κ2) is 3.92. The molecule has 0 aromatic heterocycles. The molecule has 5 nitrogen and oxygen atoms in total. The summed E-state index contributed by atoms with van der Waals surface area (Å²) in [6.07, 6.45) is 4.17. The van der Waals surface area contributed by atoms with Gasteiger partial charge in [0.2, 0.25) is 0 Å². The van der Waals surface area contributed by atoms with Gasteiger partial charge in [0.05, 0.1) is 12.8 Å². The molecule has 1 aromatic rings. The SMILES string of the molecule is Nc1ccc(N2CCCC2)c2c1CN(O)N=C2. The van der Waals surface area contributed by atoms with Gasteiger partial charge in [-0.25, -0.2) is 0 Å². The third kappa shape index (κ3) is 1.72. The molecule has 5 heteroatoms. The Kier molecular flexibility index (Phi) is 2.40. The predicted molar refractivity (Wildman–Crippen MR) is 67.2 cm³/mol. The van der Waals surface area contributed by atoms with Crippen molar-refractivity contribution in [2.24, 2.45) is 5.10 Å². The van der Waals surface area contributed by atoms with E-state index in [0.29, 0.717) is 12.2 Å². The molecule has 0 bridgehead atoms. The van der Waals surface area contributed by atoms with Gasteiger partial charge in [-0.2, -0.15) is 10.3 Å². The molecule has 0 radical (unpaired) electrons. The summed E-state index contributed by atoms with van der Waals surface area (Å²) < 4.78 is 0. The van der Waals surface area contributed by atoms with Crippen LogP contribution in [0.3, 0.4) is 0 Å². The van der Waals surface area contributed by atoms with Crippen LogP contribution in [0.2, 0.25) is 0 Å². The van der Waals surface area contributed by atoms with Crippen molar-refractivity contribution in [2.45, 2.75) is 19.4 Å². The Bertz CT molecular complexity index is 466. The average molecular weight is 232 g/mol. The topological polar surface area (TPSA) is 65.1 Å². The number of hydrazone groups is 1. The Morgan fingerprint density at radius 3 is 2.76 bits per heavy atom. The molecule has 0 spiro atoms. The fourth-order valence-corrected chi connectivity index (χ4v) is 2.53. The minimum absolute atomic E-state index is 0.360. The van der Waals surface area contributed by atoms with Gasteiger partial charge in [0.1, 0.15) is 0 Å². The Labute approximate surface area is 100 Å². The Hall–Kier alpha value is -1.75. The molecule has 0 aliphatic carbocycles. The van der Waals surface area contributed by atoms with Crippen molar-refractivity contribution < 1.29 is 5.21 Å². The molecule has 3 N–H and O–H groups in total. The average Bonchev–Trinajstić information content (AvgIpc) is 2.84. The van der Waals surface area contributed by atoms with Crippen molar-refractivity contribution in [3.63, 3.8) is 0 Å². The zero-order chi connectivity index (χ0) is 11.8. The second-order valence-electron chi connectivity index (χ2n) is 4.54. The Morgan fingerprint density at radius 1 is 1.24 bits per heavy atom. The van der Waals surface area contributed by atoms with Crippen LogP contribution in [-0.4, -0.2) is 29.7 Å². The van der Waals surface area contributed by atoms with Gasteiger partial charge >= 0.3 is 0 Å². The molecular weight excluding hydrogens is 216 g/mol. The lowest BCUT2D eigenvalue weighted by Gasteiger charge is -2.26. The van der Waals surface area contributed by atoms with Crippen LogP contribution in [-0.2, 0) is 6.54 Å². The molecule has 1 saturated heterocycles. The lowest BCUT2D eigenvalue weighted by molar-refractivity contribution is -0.0989. The van der Waals surface area contributed by atoms with Gasteiger partial charge in [0.25, 0.3) is 0 Å². The molecule has 90 valence electrons. The van der Waals surface area contributed by atoms with E-state index in [9.17, 15) is 5.21 Å². The monoisotopic (exact) mass is 232 g/mol. The smallest absolute Gasteiger partial charge is 0.0923 e. The maximum absolute atomic E-state index is 9.40. The minimum Gasteiger partial charge on any atom is -0.398 e. The lowest BCUT2D eigenvalue weighted by Crippen LogP contribution is -2.24. The summed E-state index contributed by atoms with van der Waals surface area (Å²) in [6.45, 7) is 2.54. The highest BCUT2D eigenvalue weighted by Crippen LogP contribution is 2.31. The van der Waals surface area contributed by atoms with Gasteiger partial charge in [-0.1, -0.05) is 0 Å². The number of hydroxylamine groups is 1. The van der Waals surface area contributed by atoms with Gasteiger partial charge in [-0.3, -0.25) is 5.21 Å². The number of nitrogen functional groups attached to an aromatic ring is 1. The first-order chi connectivity index (χ1) is 8.25. The highest BCUT2D eigenvalue weighted by molar-refractivity contribution is 5.93. The zero-order valence-corrected chi connectivity index (χ0v) is 9.63. The van der Waals surface area contributed by atoms with E-state index in [1.807, 2.05) is 6.07 Å². The van der Waals surface area contributed by atoms with Gasteiger partial charge in [-0.15, -0.1) is 0 Å². The molecule has 0 amide bonds. The first-order valence-electron chi connectivity index (χ1n) is 5.92. The minimum atomic E-state index is 0.360. The summed E-state index contributed by atoms with van der Waals surface area (Å²) in [6, 6.07) is 3.97. The van der Waals surface area contributed by atoms with E-state index in [0.717, 1.165) is 29.4 Å². The zero-order valence-electron chi connectivity index (χ0n) is 9.63. The van der Waals surface area contributed by atoms with Crippen molar-refractivity contribution in [1.29, 1.82) is 0 Å². The molecule has 1 fully saturated rings. The van der Waals surface area contributed by atoms with Gasteiger partial charge in [0.15, 0.2) is 0 Å². The molecular formula is C12H16N4O. The fourth-order valence-electron chi connectivity index (χ4n) is 2.53. The number of nitrogens with zero attached hydrogens (tertiary/aromatic N) is 3. The Balaban J connectivity index is 2.07. The molecule has 2 heterocycles. The van der Waals surface area contributed by atoms with Gasteiger partial charge in [0, 0.05) is 35.6 Å². The van der Waals surface area contributed by atoms with E-state index in [1.165, 1.54) is 18.5 Å². The number of benzene rings is 1. The summed E-state index contributed by atoms with van der Waals surface area (Å²) in [5.74, 6) is 0. The first-order valence-corrected chi connectivity index (χ1v) is 5.92. The number of anilines is 2. The van der Waals surface area contributed by atoms with Crippen LogP contribution in [0.4, 0.5) is 11.4 Å². The summed E-state index contributed by atoms with van der Waals surface area (Å²) in [5, 5.41) is 14.3. The van der Waals surface area contributed by atoms with Crippen LogP contribution < -0.4 is 10.6 Å². The molecule has 2 aliphatic rings. The van der Waals surface area contributed by atoms with Crippen LogP contribution >= 0.6 is 0 Å². The molecule has 2 aliphatic heterocycles. The maximum atomic E-state index is 9.40. The summed E-state index contributed by atoms with van der Waals surface area (Å²) in [5.41, 5.74) is 9.87. The normalized spacial score (nSPS) is 18.6. The number of rotatable bonds is 1. The van der Waals surface area contributed by atoms with Crippen LogP contribution in [0, 0.1) is 0 Å². The van der Waals surface area contributed by atoms with E-state index in [4.69, 9.17) is 5.73 Å². The van der Waals surface area contributed by atoms with E-state index < -0.39 is 0 Å². The second-order valence-corrected chi connectivity index (χ2v) is 4.54. The van der Waals surface area contributed by atoms with E-state index in [2.05, 4.69) is 16.1 Å². The third-order valence-electron chi connectivity index (χ3n) is 3.44. The van der Waals surface area contributed by atoms with E-state index >= 15 is 0 Å². The van der Waals surface area contributed by atoms with Gasteiger partial charge < -0.3 is 10.6 Å². The molecule has 1 aromatic carbocycles. The number of fused-ring (bicyclic) bond motifs is 1. The molecule has 17 heavy (non-hydrogen) atoms. The highest BCUT2D eigenvalue weighted by atomic mass is 16.5. The quantitative estimate of drug-likeness (QED) is 0.718. The largest absolute Gasteiger partial charge is 0.398 e. The standard InChI is InChI=1S/C12H16N4O/c13-11-3-4-12(15-5-1-2-6-15)9-7-14-16(17)8-10(9)11/h3-4,7,17H,1-2,5-6,8,13H2. The van der Waals surface area contributed by atoms with E-state index in [1.54, 1.807) is 6.21 Å². The third-order valence-corrected chi connectivity index (χ3v) is 3.44. The lowest BCUT2D eigenvalue weighted by atomic mass is 10.0. The van der Waals surface area contributed by atoms with Crippen LogP contribution in [0.25, 0.3) is 0 Å². The van der Waals surface area contributed by atoms with E-state index in [-0.39, 0.29) is 0 Å². The van der Waals surface area contributed by atoms with Crippen LogP contribution in [0.5, 0.6) is 0 Å². The molecule has 0 atom stereocenters. The number of hydrogen-bond acceptors (Lipinski definition) is 5. The molecule has 0 unspecified atom stereocenters. The summed E-state index contributed by atoms with van der Waals surface area (Å²) in [4.78, 5) is 2.36. The highest BCUT2D eigenvalue weighted by Gasteiger charge is 2.21. The predicted octanol–water partition coefficient (Wildman–Crippen LogP) is 1.41. The van der Waals surface area contributed by atoms with Crippen molar-refractivity contribution in [2.75, 3.05) is 23.7 Å². The number of hydrogen-bond donors (Lipinski definition) is 2. The first kappa shape index (κ1) is 10.4. The molecule has 0 saturated carbocycles. The van der Waals surface area contributed by atoms with Crippen molar-refractivity contribution in [3.05, 3.63) is 23.3 Å². The van der Waals surface area contributed by atoms with Crippen LogP contribution in [0.1, 0.15) is 24.0 Å². The molecule has 3 rings (SSSR count). The maximum Gasteiger partial charge on any atom is 0.0923 e. The van der Waals surface area contributed by atoms with Crippen molar-refractivity contribution >= 4 is 17.6 Å². The summed E-state index contributed by atoms with van der Waals surface area (Å²) in [7, 11) is 0. The Morgan fingerprint density at radius 2 is 2.00 bits per heavy atom. The summed E-state index contributed by atoms with van der Waals surface area (Å²) >= 11 is 0. The van der Waals surface area contributed by atoms with Crippen molar-refractivity contribution in [3.8, 4) is 0 Å². The number of nitrogens with two attached hydrogens (primary N) is 1.